The second kappa shape index (κ2) is 6.75. The molecule has 1 atom stereocenters. The molecular formula is C16H25N3O. The Balaban J connectivity index is 1.98. The van der Waals surface area contributed by atoms with Crippen LogP contribution in [0.2, 0.25) is 0 Å². The number of hydrogen-bond donors (Lipinski definition) is 1. The maximum atomic E-state index is 5.16. The number of aryl methyl sites for hydroxylation is 2. The zero-order valence-corrected chi connectivity index (χ0v) is 12.9. The van der Waals surface area contributed by atoms with Crippen LogP contribution in [0.1, 0.15) is 35.9 Å². The van der Waals surface area contributed by atoms with Gasteiger partial charge in [-0.15, -0.1) is 0 Å². The van der Waals surface area contributed by atoms with Crippen molar-refractivity contribution in [3.05, 3.63) is 41.1 Å². The highest BCUT2D eigenvalue weighted by Gasteiger charge is 2.14. The van der Waals surface area contributed by atoms with Crippen molar-refractivity contribution in [1.29, 1.82) is 0 Å². The molecule has 0 radical (unpaired) electrons. The summed E-state index contributed by atoms with van der Waals surface area (Å²) >= 11 is 0. The number of nitrogens with zero attached hydrogens (tertiary/aromatic N) is 2. The Labute approximate surface area is 121 Å². The van der Waals surface area contributed by atoms with Gasteiger partial charge in [0.1, 0.15) is 0 Å². The molecule has 110 valence electrons. The zero-order chi connectivity index (χ0) is 14.5. The molecule has 4 heteroatoms. The summed E-state index contributed by atoms with van der Waals surface area (Å²) in [4.78, 5) is 0. The molecule has 20 heavy (non-hydrogen) atoms. The minimum Gasteiger partial charge on any atom is -0.472 e. The fraction of sp³-hybridized carbons (Fsp3) is 0.562. The SMILES string of the molecule is CCNC(CCc1c(C)nn(C)c1C)Cc1ccoc1. The van der Waals surface area contributed by atoms with Gasteiger partial charge in [0, 0.05) is 18.8 Å². The lowest BCUT2D eigenvalue weighted by Gasteiger charge is -2.17. The van der Waals surface area contributed by atoms with E-state index in [2.05, 4.69) is 31.2 Å². The van der Waals surface area contributed by atoms with Crippen LogP contribution in [0.15, 0.2) is 23.0 Å². The third-order valence-electron chi connectivity index (χ3n) is 3.96. The molecule has 0 bridgehead atoms. The molecule has 0 aromatic carbocycles. The van der Waals surface area contributed by atoms with Gasteiger partial charge < -0.3 is 9.73 Å². The second-order valence-corrected chi connectivity index (χ2v) is 5.40. The normalized spacial score (nSPS) is 12.8. The summed E-state index contributed by atoms with van der Waals surface area (Å²) in [6, 6.07) is 2.53. The molecule has 2 heterocycles. The molecule has 0 aliphatic rings. The molecule has 2 aromatic rings. The Hall–Kier alpha value is -1.55. The van der Waals surface area contributed by atoms with Crippen LogP contribution in [0.5, 0.6) is 0 Å². The van der Waals surface area contributed by atoms with Crippen molar-refractivity contribution in [2.75, 3.05) is 6.54 Å². The van der Waals surface area contributed by atoms with Gasteiger partial charge in [-0.25, -0.2) is 0 Å². The number of rotatable bonds is 7. The van der Waals surface area contributed by atoms with E-state index >= 15 is 0 Å². The maximum absolute atomic E-state index is 5.16. The first-order chi connectivity index (χ1) is 9.61. The fourth-order valence-corrected chi connectivity index (χ4v) is 2.76. The molecule has 2 rings (SSSR count). The van der Waals surface area contributed by atoms with Crippen LogP contribution in [0.4, 0.5) is 0 Å². The summed E-state index contributed by atoms with van der Waals surface area (Å²) in [5.41, 5.74) is 5.09. The predicted molar refractivity (Wildman–Crippen MR) is 80.9 cm³/mol. The molecule has 2 aromatic heterocycles. The van der Waals surface area contributed by atoms with Gasteiger partial charge in [0.2, 0.25) is 0 Å². The van der Waals surface area contributed by atoms with E-state index in [1.54, 1.807) is 6.26 Å². The van der Waals surface area contributed by atoms with Gasteiger partial charge >= 0.3 is 0 Å². The molecule has 0 saturated heterocycles. The Morgan fingerprint density at radius 1 is 1.40 bits per heavy atom. The van der Waals surface area contributed by atoms with Crippen molar-refractivity contribution in [3.63, 3.8) is 0 Å². The summed E-state index contributed by atoms with van der Waals surface area (Å²) in [6.07, 6.45) is 6.79. The summed E-state index contributed by atoms with van der Waals surface area (Å²) in [7, 11) is 2.01. The second-order valence-electron chi connectivity index (χ2n) is 5.40. The van der Waals surface area contributed by atoms with Gasteiger partial charge in [0.25, 0.3) is 0 Å². The Morgan fingerprint density at radius 3 is 2.75 bits per heavy atom. The Kier molecular flexibility index (Phi) is 5.01. The molecular weight excluding hydrogens is 250 g/mol. The van der Waals surface area contributed by atoms with Crippen LogP contribution in [0.3, 0.4) is 0 Å². The highest BCUT2D eigenvalue weighted by molar-refractivity contribution is 5.24. The van der Waals surface area contributed by atoms with E-state index in [9.17, 15) is 0 Å². The predicted octanol–water partition coefficient (Wildman–Crippen LogP) is 2.78. The quantitative estimate of drug-likeness (QED) is 0.845. The summed E-state index contributed by atoms with van der Waals surface area (Å²) < 4.78 is 7.13. The van der Waals surface area contributed by atoms with E-state index in [-0.39, 0.29) is 0 Å². The van der Waals surface area contributed by atoms with Crippen LogP contribution in [-0.4, -0.2) is 22.4 Å². The Morgan fingerprint density at radius 2 is 2.20 bits per heavy atom. The zero-order valence-electron chi connectivity index (χ0n) is 12.9. The topological polar surface area (TPSA) is 43.0 Å². The van der Waals surface area contributed by atoms with Crippen molar-refractivity contribution in [2.24, 2.45) is 7.05 Å². The van der Waals surface area contributed by atoms with Gasteiger partial charge in [0.15, 0.2) is 0 Å². The average molecular weight is 275 g/mol. The standard InChI is InChI=1S/C16H25N3O/c1-5-17-15(10-14-8-9-20-11-14)6-7-16-12(2)18-19(4)13(16)3/h8-9,11,15,17H,5-7,10H2,1-4H3. The monoisotopic (exact) mass is 275 g/mol. The van der Waals surface area contributed by atoms with Crippen LogP contribution in [0.25, 0.3) is 0 Å². The van der Waals surface area contributed by atoms with E-state index in [1.165, 1.54) is 16.8 Å². The number of aromatic nitrogens is 2. The first kappa shape index (κ1) is 14.9. The summed E-state index contributed by atoms with van der Waals surface area (Å²) in [5.74, 6) is 0. The van der Waals surface area contributed by atoms with Gasteiger partial charge in [-0.05, 0) is 56.8 Å². The third kappa shape index (κ3) is 3.51. The highest BCUT2D eigenvalue weighted by atomic mass is 16.3. The average Bonchev–Trinajstić information content (AvgIpc) is 2.98. The molecule has 1 N–H and O–H groups in total. The molecule has 0 spiro atoms. The van der Waals surface area contributed by atoms with E-state index in [0.717, 1.165) is 31.5 Å². The maximum Gasteiger partial charge on any atom is 0.0935 e. The van der Waals surface area contributed by atoms with Crippen molar-refractivity contribution >= 4 is 0 Å². The van der Waals surface area contributed by atoms with E-state index in [4.69, 9.17) is 4.42 Å². The third-order valence-corrected chi connectivity index (χ3v) is 3.96. The summed E-state index contributed by atoms with van der Waals surface area (Å²) in [6.45, 7) is 7.39. The van der Waals surface area contributed by atoms with Crippen molar-refractivity contribution in [1.82, 2.24) is 15.1 Å². The van der Waals surface area contributed by atoms with Crippen molar-refractivity contribution in [2.45, 2.75) is 46.1 Å². The van der Waals surface area contributed by atoms with E-state index in [1.807, 2.05) is 24.1 Å². The molecule has 0 saturated carbocycles. The summed E-state index contributed by atoms with van der Waals surface area (Å²) in [5, 5.41) is 8.06. The first-order valence-corrected chi connectivity index (χ1v) is 7.35. The van der Waals surface area contributed by atoms with Crippen molar-refractivity contribution < 1.29 is 4.42 Å². The molecule has 0 amide bonds. The lowest BCUT2D eigenvalue weighted by Crippen LogP contribution is -2.31. The molecule has 1 unspecified atom stereocenters. The molecule has 0 aliphatic heterocycles. The Bertz CT molecular complexity index is 528. The smallest absolute Gasteiger partial charge is 0.0935 e. The van der Waals surface area contributed by atoms with Crippen molar-refractivity contribution in [3.8, 4) is 0 Å². The van der Waals surface area contributed by atoms with Gasteiger partial charge in [-0.1, -0.05) is 6.92 Å². The lowest BCUT2D eigenvalue weighted by atomic mass is 9.99. The van der Waals surface area contributed by atoms with Crippen LogP contribution in [-0.2, 0) is 19.9 Å². The molecule has 0 aliphatic carbocycles. The van der Waals surface area contributed by atoms with Crippen LogP contribution in [0, 0.1) is 13.8 Å². The van der Waals surface area contributed by atoms with Gasteiger partial charge in [-0.2, -0.15) is 5.10 Å². The number of hydrogen-bond acceptors (Lipinski definition) is 3. The van der Waals surface area contributed by atoms with E-state index < -0.39 is 0 Å². The fourth-order valence-electron chi connectivity index (χ4n) is 2.76. The van der Waals surface area contributed by atoms with E-state index in [0.29, 0.717) is 6.04 Å². The largest absolute Gasteiger partial charge is 0.472 e. The van der Waals surface area contributed by atoms with Gasteiger partial charge in [-0.3, -0.25) is 4.68 Å². The first-order valence-electron chi connectivity index (χ1n) is 7.35. The number of furan rings is 1. The minimum atomic E-state index is 0.483. The van der Waals surface area contributed by atoms with Crippen LogP contribution >= 0.6 is 0 Å². The minimum absolute atomic E-state index is 0.483. The molecule has 0 fully saturated rings. The molecule has 4 nitrogen and oxygen atoms in total. The van der Waals surface area contributed by atoms with Gasteiger partial charge in [0.05, 0.1) is 18.2 Å². The highest BCUT2D eigenvalue weighted by Crippen LogP contribution is 2.16. The van der Waals surface area contributed by atoms with Crippen LogP contribution < -0.4 is 5.32 Å². The lowest BCUT2D eigenvalue weighted by molar-refractivity contribution is 0.486. The number of likely N-dealkylation sites (N-methyl/N-ethyl adjacent to an activating group) is 1. The number of nitrogens with one attached hydrogen (secondary N) is 1.